The molecule has 29 heavy (non-hydrogen) atoms. The van der Waals surface area contributed by atoms with Crippen LogP contribution in [0.3, 0.4) is 0 Å². The second kappa shape index (κ2) is 7.40. The van der Waals surface area contributed by atoms with E-state index in [4.69, 9.17) is 0 Å². The number of tetrazole rings is 1. The Morgan fingerprint density at radius 2 is 2.00 bits per heavy atom. The summed E-state index contributed by atoms with van der Waals surface area (Å²) in [6.45, 7) is 5.66. The zero-order valence-electron chi connectivity index (χ0n) is 16.0. The minimum Gasteiger partial charge on any atom is -0.326 e. The number of aryl methyl sites for hydroxylation is 2. The average molecular weight is 457 g/mol. The highest BCUT2D eigenvalue weighted by atomic mass is 79.9. The van der Waals surface area contributed by atoms with Gasteiger partial charge in [-0.3, -0.25) is 4.79 Å². The lowest BCUT2D eigenvalue weighted by molar-refractivity contribution is -0.113. The Morgan fingerprint density at radius 1 is 1.21 bits per heavy atom. The standard InChI is InChI=1S/C20H18BrFN6O/c1-10-4-7-16(11(2)8-10)24-19(29)17-12(3)23-20-25-26-27-28(20)18(17)14-9-13(21)5-6-15(14)22/h4-9,18H,1-3H3,(H,24,29)(H,23,25,27). The first kappa shape index (κ1) is 19.3. The maximum absolute atomic E-state index is 14.8. The summed E-state index contributed by atoms with van der Waals surface area (Å²) >= 11 is 3.38. The van der Waals surface area contributed by atoms with Crippen LogP contribution in [-0.2, 0) is 4.79 Å². The number of anilines is 2. The van der Waals surface area contributed by atoms with Crippen LogP contribution in [0.15, 0.2) is 52.1 Å². The van der Waals surface area contributed by atoms with Crippen molar-refractivity contribution >= 4 is 33.5 Å². The lowest BCUT2D eigenvalue weighted by Crippen LogP contribution is -2.32. The van der Waals surface area contributed by atoms with E-state index in [1.807, 2.05) is 32.0 Å². The van der Waals surface area contributed by atoms with Crippen molar-refractivity contribution in [3.05, 3.63) is 74.6 Å². The Kier molecular flexibility index (Phi) is 4.91. The van der Waals surface area contributed by atoms with Crippen LogP contribution in [0.1, 0.15) is 29.7 Å². The van der Waals surface area contributed by atoms with Crippen LogP contribution in [-0.4, -0.2) is 26.1 Å². The van der Waals surface area contributed by atoms with E-state index in [9.17, 15) is 9.18 Å². The number of halogens is 2. The summed E-state index contributed by atoms with van der Waals surface area (Å²) in [4.78, 5) is 13.3. The number of rotatable bonds is 3. The van der Waals surface area contributed by atoms with E-state index in [2.05, 4.69) is 42.1 Å². The van der Waals surface area contributed by atoms with Crippen molar-refractivity contribution in [2.45, 2.75) is 26.8 Å². The molecule has 148 valence electrons. The Bertz CT molecular complexity index is 1160. The van der Waals surface area contributed by atoms with E-state index < -0.39 is 11.9 Å². The fourth-order valence-corrected chi connectivity index (χ4v) is 3.84. The summed E-state index contributed by atoms with van der Waals surface area (Å²) in [5.74, 6) is -0.464. The molecule has 0 saturated heterocycles. The number of hydrogen-bond donors (Lipinski definition) is 2. The molecule has 2 heterocycles. The number of amides is 1. The van der Waals surface area contributed by atoms with E-state index in [1.165, 1.54) is 10.7 Å². The van der Waals surface area contributed by atoms with Gasteiger partial charge in [0.25, 0.3) is 5.91 Å². The zero-order chi connectivity index (χ0) is 20.7. The predicted molar refractivity (Wildman–Crippen MR) is 111 cm³/mol. The van der Waals surface area contributed by atoms with Gasteiger partial charge < -0.3 is 10.6 Å². The van der Waals surface area contributed by atoms with Crippen LogP contribution in [0.2, 0.25) is 0 Å². The number of fused-ring (bicyclic) bond motifs is 1. The smallest absolute Gasteiger partial charge is 0.255 e. The number of nitrogens with one attached hydrogen (secondary N) is 2. The van der Waals surface area contributed by atoms with E-state index in [0.29, 0.717) is 32.9 Å². The molecule has 0 saturated carbocycles. The van der Waals surface area contributed by atoms with Crippen LogP contribution < -0.4 is 10.6 Å². The fourth-order valence-electron chi connectivity index (χ4n) is 3.46. The number of allylic oxidation sites excluding steroid dienone is 1. The fraction of sp³-hybridized carbons (Fsp3) is 0.200. The third-order valence-corrected chi connectivity index (χ3v) is 5.33. The predicted octanol–water partition coefficient (Wildman–Crippen LogP) is 4.12. The first-order valence-corrected chi connectivity index (χ1v) is 9.73. The van der Waals surface area contributed by atoms with Crippen LogP contribution >= 0.6 is 15.9 Å². The summed E-state index contributed by atoms with van der Waals surface area (Å²) < 4.78 is 16.9. The third kappa shape index (κ3) is 3.53. The molecular weight excluding hydrogens is 439 g/mol. The lowest BCUT2D eigenvalue weighted by Gasteiger charge is -2.28. The van der Waals surface area contributed by atoms with E-state index in [1.54, 1.807) is 19.1 Å². The highest BCUT2D eigenvalue weighted by Crippen LogP contribution is 2.37. The van der Waals surface area contributed by atoms with Gasteiger partial charge >= 0.3 is 0 Å². The molecule has 0 radical (unpaired) electrons. The third-order valence-electron chi connectivity index (χ3n) is 4.84. The molecule has 2 aromatic carbocycles. The molecular formula is C20H18BrFN6O. The van der Waals surface area contributed by atoms with Crippen molar-refractivity contribution < 1.29 is 9.18 Å². The first-order valence-electron chi connectivity index (χ1n) is 8.94. The number of aromatic nitrogens is 4. The highest BCUT2D eigenvalue weighted by Gasteiger charge is 2.35. The summed E-state index contributed by atoms with van der Waals surface area (Å²) in [7, 11) is 0. The van der Waals surface area contributed by atoms with Crippen molar-refractivity contribution in [2.75, 3.05) is 10.6 Å². The molecule has 1 aromatic heterocycles. The maximum atomic E-state index is 14.8. The molecule has 0 fully saturated rings. The topological polar surface area (TPSA) is 84.7 Å². The molecule has 9 heteroatoms. The van der Waals surface area contributed by atoms with Gasteiger partial charge in [-0.2, -0.15) is 4.68 Å². The van der Waals surface area contributed by atoms with Gasteiger partial charge in [-0.25, -0.2) is 4.39 Å². The molecule has 2 N–H and O–H groups in total. The Labute approximate surface area is 175 Å². The van der Waals surface area contributed by atoms with Gasteiger partial charge in [0.1, 0.15) is 11.9 Å². The van der Waals surface area contributed by atoms with Crippen molar-refractivity contribution in [3.63, 3.8) is 0 Å². The first-order chi connectivity index (χ1) is 13.8. The van der Waals surface area contributed by atoms with Gasteiger partial charge in [-0.1, -0.05) is 38.7 Å². The van der Waals surface area contributed by atoms with Gasteiger partial charge in [0.05, 0.1) is 5.57 Å². The highest BCUT2D eigenvalue weighted by molar-refractivity contribution is 9.10. The molecule has 0 bridgehead atoms. The largest absolute Gasteiger partial charge is 0.326 e. The minimum atomic E-state index is -0.815. The number of nitrogens with zero attached hydrogens (tertiary/aromatic N) is 4. The SMILES string of the molecule is CC1=C(C(=O)Nc2ccc(C)cc2C)C(c2cc(Br)ccc2F)n2nnnc2N1. The Morgan fingerprint density at radius 3 is 2.76 bits per heavy atom. The van der Waals surface area contributed by atoms with Gasteiger partial charge in [0, 0.05) is 21.4 Å². The lowest BCUT2D eigenvalue weighted by atomic mass is 9.94. The molecule has 1 aliphatic rings. The van der Waals surface area contributed by atoms with E-state index in [-0.39, 0.29) is 5.91 Å². The van der Waals surface area contributed by atoms with Gasteiger partial charge in [-0.05, 0) is 61.0 Å². The van der Waals surface area contributed by atoms with Gasteiger partial charge in [-0.15, -0.1) is 0 Å². The van der Waals surface area contributed by atoms with Crippen molar-refractivity contribution in [1.29, 1.82) is 0 Å². The number of carbonyl (C=O) groups excluding carboxylic acids is 1. The van der Waals surface area contributed by atoms with Crippen LogP contribution in [0, 0.1) is 19.7 Å². The van der Waals surface area contributed by atoms with Crippen LogP contribution in [0.25, 0.3) is 0 Å². The second-order valence-corrected chi connectivity index (χ2v) is 7.87. The molecule has 1 unspecified atom stereocenters. The second-order valence-electron chi connectivity index (χ2n) is 6.95. The van der Waals surface area contributed by atoms with Gasteiger partial charge in [0.2, 0.25) is 5.95 Å². The number of benzene rings is 2. The Balaban J connectivity index is 1.81. The molecule has 1 aliphatic heterocycles. The molecule has 1 atom stereocenters. The summed E-state index contributed by atoms with van der Waals surface area (Å²) in [5, 5.41) is 17.6. The summed E-state index contributed by atoms with van der Waals surface area (Å²) in [6.07, 6.45) is 0. The van der Waals surface area contributed by atoms with Crippen LogP contribution in [0.5, 0.6) is 0 Å². The molecule has 0 aliphatic carbocycles. The maximum Gasteiger partial charge on any atom is 0.255 e. The summed E-state index contributed by atoms with van der Waals surface area (Å²) in [5.41, 5.74) is 3.91. The quantitative estimate of drug-likeness (QED) is 0.618. The normalized spacial score (nSPS) is 15.7. The van der Waals surface area contributed by atoms with Crippen molar-refractivity contribution in [3.8, 4) is 0 Å². The number of carbonyl (C=O) groups is 1. The zero-order valence-corrected chi connectivity index (χ0v) is 17.6. The van der Waals surface area contributed by atoms with Gasteiger partial charge in [0.15, 0.2) is 0 Å². The molecule has 7 nitrogen and oxygen atoms in total. The minimum absolute atomic E-state index is 0.291. The summed E-state index contributed by atoms with van der Waals surface area (Å²) in [6, 6.07) is 9.53. The average Bonchev–Trinajstić information content (AvgIpc) is 3.13. The monoisotopic (exact) mass is 456 g/mol. The van der Waals surface area contributed by atoms with E-state index >= 15 is 0 Å². The molecule has 3 aromatic rings. The molecule has 1 amide bonds. The number of hydrogen-bond acceptors (Lipinski definition) is 5. The Hall–Kier alpha value is -3.07. The van der Waals surface area contributed by atoms with Crippen molar-refractivity contribution in [1.82, 2.24) is 20.2 Å². The van der Waals surface area contributed by atoms with Crippen molar-refractivity contribution in [2.24, 2.45) is 0 Å². The van der Waals surface area contributed by atoms with Crippen LogP contribution in [0.4, 0.5) is 16.0 Å². The molecule has 4 rings (SSSR count). The van der Waals surface area contributed by atoms with E-state index in [0.717, 1.165) is 11.1 Å². The molecule has 0 spiro atoms.